The van der Waals surface area contributed by atoms with Gasteiger partial charge in [0.05, 0.1) is 16.3 Å². The zero-order chi connectivity index (χ0) is 21.1. The van der Waals surface area contributed by atoms with Crippen molar-refractivity contribution >= 4 is 17.3 Å². The maximum absolute atomic E-state index is 12.9. The molecule has 0 unspecified atom stereocenters. The molecule has 4 aromatic rings. The van der Waals surface area contributed by atoms with Crippen molar-refractivity contribution in [1.29, 1.82) is 0 Å². The Morgan fingerprint density at radius 2 is 1.77 bits per heavy atom. The number of hydrogen-bond donors (Lipinski definition) is 1. The first-order chi connectivity index (χ1) is 14.4. The quantitative estimate of drug-likeness (QED) is 0.447. The lowest BCUT2D eigenvalue weighted by molar-refractivity contribution is -0.137. The molecule has 30 heavy (non-hydrogen) atoms. The fourth-order valence-corrected chi connectivity index (χ4v) is 3.20. The van der Waals surface area contributed by atoms with Crippen molar-refractivity contribution in [3.05, 3.63) is 89.5 Å². The van der Waals surface area contributed by atoms with Crippen LogP contribution >= 0.6 is 11.6 Å². The molecule has 0 atom stereocenters. The summed E-state index contributed by atoms with van der Waals surface area (Å²) in [6.07, 6.45) is 0.374. The Labute approximate surface area is 175 Å². The highest BCUT2D eigenvalue weighted by molar-refractivity contribution is 6.31. The van der Waals surface area contributed by atoms with E-state index in [1.807, 2.05) is 36.4 Å². The van der Waals surface area contributed by atoms with E-state index in [1.54, 1.807) is 12.4 Å². The standard InChI is InChI=1S/C21H15ClF3N5/c22-18-11-15(5-6-17(18)21(23,24)25)30-13-28-20(29-30)16-3-1-2-4-19(16)27-12-14-7-9-26-10-8-14/h1-11,13,27H,12H2. The van der Waals surface area contributed by atoms with Gasteiger partial charge in [-0.1, -0.05) is 23.7 Å². The number of nitrogens with zero attached hydrogens (tertiary/aromatic N) is 4. The molecule has 9 heteroatoms. The van der Waals surface area contributed by atoms with Gasteiger partial charge in [0, 0.05) is 30.2 Å². The van der Waals surface area contributed by atoms with Crippen LogP contribution in [0.1, 0.15) is 11.1 Å². The van der Waals surface area contributed by atoms with Crippen LogP contribution in [0, 0.1) is 0 Å². The van der Waals surface area contributed by atoms with Crippen molar-refractivity contribution in [2.24, 2.45) is 0 Å². The number of anilines is 1. The van der Waals surface area contributed by atoms with Crippen LogP contribution < -0.4 is 5.32 Å². The summed E-state index contributed by atoms with van der Waals surface area (Å²) in [7, 11) is 0. The second kappa shape index (κ2) is 8.16. The monoisotopic (exact) mass is 429 g/mol. The molecule has 0 aliphatic carbocycles. The fraction of sp³-hybridized carbons (Fsp3) is 0.0952. The van der Waals surface area contributed by atoms with E-state index >= 15 is 0 Å². The van der Waals surface area contributed by atoms with E-state index in [0.29, 0.717) is 18.1 Å². The predicted molar refractivity (Wildman–Crippen MR) is 108 cm³/mol. The molecular weight excluding hydrogens is 415 g/mol. The second-order valence-electron chi connectivity index (χ2n) is 6.43. The van der Waals surface area contributed by atoms with E-state index in [9.17, 15) is 13.2 Å². The second-order valence-corrected chi connectivity index (χ2v) is 6.84. The lowest BCUT2D eigenvalue weighted by Crippen LogP contribution is -2.06. The van der Waals surface area contributed by atoms with E-state index < -0.39 is 16.8 Å². The van der Waals surface area contributed by atoms with Gasteiger partial charge in [-0.05, 0) is 48.0 Å². The molecule has 0 amide bonds. The maximum Gasteiger partial charge on any atom is 0.417 e. The van der Waals surface area contributed by atoms with E-state index in [0.717, 1.165) is 22.9 Å². The van der Waals surface area contributed by atoms with E-state index in [-0.39, 0.29) is 0 Å². The van der Waals surface area contributed by atoms with Gasteiger partial charge < -0.3 is 5.32 Å². The Kier molecular flexibility index (Phi) is 5.41. The minimum atomic E-state index is -4.51. The number of hydrogen-bond acceptors (Lipinski definition) is 4. The summed E-state index contributed by atoms with van der Waals surface area (Å²) in [6.45, 7) is 0.592. The van der Waals surface area contributed by atoms with Crippen LogP contribution in [-0.4, -0.2) is 19.7 Å². The number of pyridine rings is 1. The lowest BCUT2D eigenvalue weighted by Gasteiger charge is -2.11. The summed E-state index contributed by atoms with van der Waals surface area (Å²) in [5.74, 6) is 0.434. The Bertz CT molecular complexity index is 1160. The van der Waals surface area contributed by atoms with E-state index in [1.165, 1.54) is 23.1 Å². The summed E-state index contributed by atoms with van der Waals surface area (Å²) in [6, 6.07) is 14.8. The van der Waals surface area contributed by atoms with Crippen molar-refractivity contribution in [3.63, 3.8) is 0 Å². The molecule has 2 aromatic carbocycles. The number of nitrogens with one attached hydrogen (secondary N) is 1. The minimum absolute atomic E-state index is 0.383. The third-order valence-corrected chi connectivity index (χ3v) is 4.73. The topological polar surface area (TPSA) is 55.6 Å². The summed E-state index contributed by atoms with van der Waals surface area (Å²) >= 11 is 5.82. The van der Waals surface area contributed by atoms with Crippen molar-refractivity contribution in [1.82, 2.24) is 19.7 Å². The molecule has 0 aliphatic heterocycles. The predicted octanol–water partition coefficient (Wildman–Crippen LogP) is 5.61. The average molecular weight is 430 g/mol. The summed E-state index contributed by atoms with van der Waals surface area (Å²) in [5, 5.41) is 7.37. The molecule has 0 fully saturated rings. The van der Waals surface area contributed by atoms with Crippen LogP contribution in [0.25, 0.3) is 17.1 Å². The number of halogens is 4. The highest BCUT2D eigenvalue weighted by Gasteiger charge is 2.33. The molecule has 0 saturated heterocycles. The molecule has 5 nitrogen and oxygen atoms in total. The van der Waals surface area contributed by atoms with Gasteiger partial charge in [0.2, 0.25) is 0 Å². The molecule has 0 bridgehead atoms. The molecule has 4 rings (SSSR count). The molecule has 2 heterocycles. The fourth-order valence-electron chi connectivity index (χ4n) is 2.92. The first-order valence-electron chi connectivity index (χ1n) is 8.93. The van der Waals surface area contributed by atoms with Gasteiger partial charge in [-0.3, -0.25) is 4.98 Å². The van der Waals surface area contributed by atoms with Crippen LogP contribution in [0.4, 0.5) is 18.9 Å². The van der Waals surface area contributed by atoms with Gasteiger partial charge in [-0.15, -0.1) is 5.10 Å². The van der Waals surface area contributed by atoms with Gasteiger partial charge in [0.25, 0.3) is 0 Å². The van der Waals surface area contributed by atoms with Gasteiger partial charge in [-0.2, -0.15) is 13.2 Å². The van der Waals surface area contributed by atoms with E-state index in [4.69, 9.17) is 11.6 Å². The highest BCUT2D eigenvalue weighted by atomic mass is 35.5. The molecule has 0 radical (unpaired) electrons. The van der Waals surface area contributed by atoms with E-state index in [2.05, 4.69) is 20.4 Å². The number of alkyl halides is 3. The van der Waals surface area contributed by atoms with Crippen molar-refractivity contribution < 1.29 is 13.2 Å². The lowest BCUT2D eigenvalue weighted by atomic mass is 10.1. The summed E-state index contributed by atoms with van der Waals surface area (Å²) < 4.78 is 40.1. The first-order valence-corrected chi connectivity index (χ1v) is 9.30. The Balaban J connectivity index is 1.60. The molecule has 152 valence electrons. The third kappa shape index (κ3) is 4.28. The van der Waals surface area contributed by atoms with Crippen LogP contribution in [-0.2, 0) is 12.7 Å². The third-order valence-electron chi connectivity index (χ3n) is 4.41. The Morgan fingerprint density at radius 1 is 1.00 bits per heavy atom. The first kappa shape index (κ1) is 19.9. The molecular formula is C21H15ClF3N5. The Hall–Kier alpha value is -3.39. The van der Waals surface area contributed by atoms with Crippen molar-refractivity contribution in [2.45, 2.75) is 12.7 Å². The molecule has 1 N–H and O–H groups in total. The maximum atomic E-state index is 12.9. The molecule has 0 spiro atoms. The van der Waals surface area contributed by atoms with Crippen LogP contribution in [0.2, 0.25) is 5.02 Å². The van der Waals surface area contributed by atoms with Crippen LogP contribution in [0.5, 0.6) is 0 Å². The molecule has 2 aromatic heterocycles. The van der Waals surface area contributed by atoms with Crippen LogP contribution in [0.15, 0.2) is 73.3 Å². The zero-order valence-electron chi connectivity index (χ0n) is 15.4. The normalized spacial score (nSPS) is 11.5. The Morgan fingerprint density at radius 3 is 2.50 bits per heavy atom. The SMILES string of the molecule is FC(F)(F)c1ccc(-n2cnc(-c3ccccc3NCc3ccncc3)n2)cc1Cl. The van der Waals surface area contributed by atoms with Gasteiger partial charge >= 0.3 is 6.18 Å². The average Bonchev–Trinajstić information content (AvgIpc) is 3.22. The number of aromatic nitrogens is 4. The van der Waals surface area contributed by atoms with Crippen molar-refractivity contribution in [3.8, 4) is 17.1 Å². The largest absolute Gasteiger partial charge is 0.417 e. The highest BCUT2D eigenvalue weighted by Crippen LogP contribution is 2.35. The number of benzene rings is 2. The molecule has 0 aliphatic rings. The van der Waals surface area contributed by atoms with Crippen molar-refractivity contribution in [2.75, 3.05) is 5.32 Å². The zero-order valence-corrected chi connectivity index (χ0v) is 16.2. The van der Waals surface area contributed by atoms with Crippen LogP contribution in [0.3, 0.4) is 0 Å². The smallest absolute Gasteiger partial charge is 0.380 e. The summed E-state index contributed by atoms with van der Waals surface area (Å²) in [5.41, 5.74) is 2.16. The minimum Gasteiger partial charge on any atom is -0.380 e. The van der Waals surface area contributed by atoms with Gasteiger partial charge in [0.15, 0.2) is 5.82 Å². The number of para-hydroxylation sites is 1. The van der Waals surface area contributed by atoms with Gasteiger partial charge in [0.1, 0.15) is 6.33 Å². The number of rotatable bonds is 5. The van der Waals surface area contributed by atoms with Gasteiger partial charge in [-0.25, -0.2) is 9.67 Å². The summed E-state index contributed by atoms with van der Waals surface area (Å²) in [4.78, 5) is 8.32. The molecule has 0 saturated carbocycles.